The minimum absolute atomic E-state index is 0.0442. The van der Waals surface area contributed by atoms with Crippen molar-refractivity contribution in [1.29, 1.82) is 0 Å². The first-order valence-electron chi connectivity index (χ1n) is 8.93. The molecular weight excluding hydrogens is 334 g/mol. The molecule has 0 aliphatic heterocycles. The van der Waals surface area contributed by atoms with Gasteiger partial charge >= 0.3 is 0 Å². The van der Waals surface area contributed by atoms with Gasteiger partial charge in [-0.25, -0.2) is 0 Å². The molecule has 1 fully saturated rings. The lowest BCUT2D eigenvalue weighted by Gasteiger charge is -2.21. The van der Waals surface area contributed by atoms with Gasteiger partial charge in [-0.1, -0.05) is 38.2 Å². The molecular formula is C19H27N3O2S. The fraction of sp³-hybridized carbons (Fsp3) is 0.526. The monoisotopic (exact) mass is 361 g/mol. The fourth-order valence-electron chi connectivity index (χ4n) is 3.19. The molecule has 1 aromatic carbocycles. The van der Waals surface area contributed by atoms with E-state index in [1.165, 1.54) is 39.0 Å². The van der Waals surface area contributed by atoms with Crippen LogP contribution in [0.5, 0.6) is 0 Å². The van der Waals surface area contributed by atoms with Gasteiger partial charge in [-0.2, -0.15) is 0 Å². The summed E-state index contributed by atoms with van der Waals surface area (Å²) in [7, 11) is 0. The molecule has 0 aromatic heterocycles. The lowest BCUT2D eigenvalue weighted by molar-refractivity contribution is -0.120. The molecule has 0 spiro atoms. The summed E-state index contributed by atoms with van der Waals surface area (Å²) in [5.74, 6) is 0.509. The zero-order valence-electron chi connectivity index (χ0n) is 15.0. The number of anilines is 2. The molecule has 0 radical (unpaired) electrons. The second-order valence-corrected chi connectivity index (χ2v) is 7.16. The first kappa shape index (κ1) is 19.4. The van der Waals surface area contributed by atoms with Crippen LogP contribution >= 0.6 is 12.2 Å². The lowest BCUT2D eigenvalue weighted by Crippen LogP contribution is -2.34. The molecule has 2 rings (SSSR count). The van der Waals surface area contributed by atoms with E-state index in [2.05, 4.69) is 16.0 Å². The largest absolute Gasteiger partial charge is 0.332 e. The topological polar surface area (TPSA) is 70.2 Å². The summed E-state index contributed by atoms with van der Waals surface area (Å²) in [6, 6.07) is 5.56. The van der Waals surface area contributed by atoms with Crippen molar-refractivity contribution in [3.63, 3.8) is 0 Å². The zero-order chi connectivity index (χ0) is 18.2. The van der Waals surface area contributed by atoms with Gasteiger partial charge in [0.05, 0.1) is 0 Å². The Bertz CT molecular complexity index is 640. The van der Waals surface area contributed by atoms with Gasteiger partial charge in [-0.05, 0) is 49.2 Å². The highest BCUT2D eigenvalue weighted by Gasteiger charge is 2.15. The fourth-order valence-corrected chi connectivity index (χ4v) is 3.42. The molecule has 1 aliphatic carbocycles. The predicted molar refractivity (Wildman–Crippen MR) is 106 cm³/mol. The second kappa shape index (κ2) is 9.51. The third-order valence-electron chi connectivity index (χ3n) is 4.56. The number of rotatable bonds is 5. The van der Waals surface area contributed by atoms with Crippen LogP contribution in [0.1, 0.15) is 57.4 Å². The molecule has 0 heterocycles. The average molecular weight is 362 g/mol. The van der Waals surface area contributed by atoms with Crippen LogP contribution in [0.4, 0.5) is 11.4 Å². The molecule has 6 heteroatoms. The van der Waals surface area contributed by atoms with Gasteiger partial charge in [0.2, 0.25) is 11.8 Å². The molecule has 3 N–H and O–H groups in total. The van der Waals surface area contributed by atoms with Crippen LogP contribution < -0.4 is 16.0 Å². The summed E-state index contributed by atoms with van der Waals surface area (Å²) in [5.41, 5.74) is 2.42. The number of aryl methyl sites for hydroxylation is 1. The van der Waals surface area contributed by atoms with Gasteiger partial charge < -0.3 is 16.0 Å². The summed E-state index contributed by atoms with van der Waals surface area (Å²) < 4.78 is 0. The van der Waals surface area contributed by atoms with Crippen molar-refractivity contribution in [3.8, 4) is 0 Å². The molecule has 136 valence electrons. The number of nitrogens with one attached hydrogen (secondary N) is 3. The highest BCUT2D eigenvalue weighted by atomic mass is 32.1. The van der Waals surface area contributed by atoms with Crippen LogP contribution in [0, 0.1) is 12.8 Å². The summed E-state index contributed by atoms with van der Waals surface area (Å²) in [4.78, 5) is 23.3. The average Bonchev–Trinajstić information content (AvgIpc) is 2.56. The molecule has 25 heavy (non-hydrogen) atoms. The molecule has 0 unspecified atom stereocenters. The minimum Gasteiger partial charge on any atom is -0.332 e. The van der Waals surface area contributed by atoms with E-state index < -0.39 is 0 Å². The van der Waals surface area contributed by atoms with Crippen LogP contribution in [-0.2, 0) is 9.59 Å². The second-order valence-electron chi connectivity index (χ2n) is 6.76. The SMILES string of the molecule is CC(=O)Nc1cc(NC(=S)NC(=O)CCC2CCCCC2)ccc1C. The Kier molecular flexibility index (Phi) is 7.37. The van der Waals surface area contributed by atoms with E-state index in [1.54, 1.807) is 6.07 Å². The van der Waals surface area contributed by atoms with Gasteiger partial charge in [-0.3, -0.25) is 9.59 Å². The van der Waals surface area contributed by atoms with E-state index >= 15 is 0 Å². The highest BCUT2D eigenvalue weighted by Crippen LogP contribution is 2.27. The summed E-state index contributed by atoms with van der Waals surface area (Å²) >= 11 is 5.22. The van der Waals surface area contributed by atoms with Gasteiger partial charge in [0.25, 0.3) is 0 Å². The number of carbonyl (C=O) groups excluding carboxylic acids is 2. The van der Waals surface area contributed by atoms with E-state index in [0.29, 0.717) is 12.3 Å². The first-order chi connectivity index (χ1) is 11.9. The van der Waals surface area contributed by atoms with E-state index in [-0.39, 0.29) is 16.9 Å². The molecule has 1 aliphatic rings. The molecule has 0 atom stereocenters. The highest BCUT2D eigenvalue weighted by molar-refractivity contribution is 7.80. The van der Waals surface area contributed by atoms with Crippen molar-refractivity contribution in [1.82, 2.24) is 5.32 Å². The van der Waals surface area contributed by atoms with Gasteiger partial charge in [-0.15, -0.1) is 0 Å². The van der Waals surface area contributed by atoms with Crippen molar-refractivity contribution in [2.75, 3.05) is 10.6 Å². The maximum atomic E-state index is 12.1. The molecule has 2 amide bonds. The summed E-state index contributed by atoms with van der Waals surface area (Å²) in [5, 5.41) is 8.79. The van der Waals surface area contributed by atoms with Crippen LogP contribution in [0.15, 0.2) is 18.2 Å². The molecule has 5 nitrogen and oxygen atoms in total. The van der Waals surface area contributed by atoms with E-state index in [1.807, 2.05) is 19.1 Å². The van der Waals surface area contributed by atoms with E-state index in [4.69, 9.17) is 12.2 Å². The number of carbonyl (C=O) groups is 2. The Labute approximate surface area is 155 Å². The summed E-state index contributed by atoms with van der Waals surface area (Å²) in [6.07, 6.45) is 7.83. The number of hydrogen-bond acceptors (Lipinski definition) is 3. The molecule has 1 saturated carbocycles. The Morgan fingerprint density at radius 2 is 1.88 bits per heavy atom. The van der Waals surface area contributed by atoms with Crippen molar-refractivity contribution in [2.24, 2.45) is 5.92 Å². The maximum absolute atomic E-state index is 12.1. The Morgan fingerprint density at radius 1 is 1.16 bits per heavy atom. The quantitative estimate of drug-likeness (QED) is 0.690. The van der Waals surface area contributed by atoms with Crippen LogP contribution in [0.3, 0.4) is 0 Å². The van der Waals surface area contributed by atoms with Gasteiger partial charge in [0, 0.05) is 24.7 Å². The zero-order valence-corrected chi connectivity index (χ0v) is 15.8. The Hall–Kier alpha value is -1.95. The number of hydrogen-bond donors (Lipinski definition) is 3. The molecule has 1 aromatic rings. The van der Waals surface area contributed by atoms with Crippen LogP contribution in [0.2, 0.25) is 0 Å². The molecule has 0 bridgehead atoms. The van der Waals surface area contributed by atoms with Gasteiger partial charge in [0.1, 0.15) is 0 Å². The Morgan fingerprint density at radius 3 is 2.56 bits per heavy atom. The maximum Gasteiger partial charge on any atom is 0.226 e. The van der Waals surface area contributed by atoms with E-state index in [0.717, 1.165) is 23.4 Å². The molecule has 0 saturated heterocycles. The summed E-state index contributed by atoms with van der Waals surface area (Å²) in [6.45, 7) is 3.39. The number of benzene rings is 1. The standard InChI is InChI=1S/C19H27N3O2S/c1-13-8-10-16(12-17(13)20-14(2)23)21-19(25)22-18(24)11-9-15-6-4-3-5-7-15/h8,10,12,15H,3-7,9,11H2,1-2H3,(H,20,23)(H2,21,22,24,25). The first-order valence-corrected chi connectivity index (χ1v) is 9.34. The third kappa shape index (κ3) is 6.82. The predicted octanol–water partition coefficient (Wildman–Crippen LogP) is 4.13. The van der Waals surface area contributed by atoms with Crippen molar-refractivity contribution in [3.05, 3.63) is 23.8 Å². The normalized spacial score (nSPS) is 14.6. The Balaban J connectivity index is 1.80. The van der Waals surface area contributed by atoms with Crippen LogP contribution in [0.25, 0.3) is 0 Å². The third-order valence-corrected chi connectivity index (χ3v) is 4.77. The minimum atomic E-state index is -0.126. The van der Waals surface area contributed by atoms with Gasteiger partial charge in [0.15, 0.2) is 5.11 Å². The van der Waals surface area contributed by atoms with Crippen molar-refractivity contribution in [2.45, 2.75) is 58.8 Å². The van der Waals surface area contributed by atoms with Crippen LogP contribution in [-0.4, -0.2) is 16.9 Å². The lowest BCUT2D eigenvalue weighted by atomic mass is 9.86. The number of amides is 2. The van der Waals surface area contributed by atoms with Crippen molar-refractivity contribution < 1.29 is 9.59 Å². The van der Waals surface area contributed by atoms with Crippen molar-refractivity contribution >= 4 is 40.5 Å². The smallest absolute Gasteiger partial charge is 0.226 e. The van der Waals surface area contributed by atoms with E-state index in [9.17, 15) is 9.59 Å². The number of thiocarbonyl (C=S) groups is 1.